The number of hydrogen-bond donors (Lipinski definition) is 2. The monoisotopic (exact) mass is 490 g/mol. The van der Waals surface area contributed by atoms with E-state index in [0.717, 1.165) is 11.3 Å². The molecule has 0 aliphatic carbocycles. The largest absolute Gasteiger partial charge is 0.493 e. The van der Waals surface area contributed by atoms with Crippen LogP contribution in [0.2, 0.25) is 0 Å². The zero-order valence-corrected chi connectivity index (χ0v) is 21.0. The molecular formula is C25H34N2O6S. The molecule has 2 rings (SSSR count). The minimum Gasteiger partial charge on any atom is -0.493 e. The van der Waals surface area contributed by atoms with E-state index in [9.17, 15) is 9.59 Å². The molecule has 0 saturated carbocycles. The summed E-state index contributed by atoms with van der Waals surface area (Å²) < 4.78 is 21.6. The molecule has 2 amide bonds. The lowest BCUT2D eigenvalue weighted by atomic mass is 10.1. The number of para-hydroxylation sites is 1. The Labute approximate surface area is 205 Å². The van der Waals surface area contributed by atoms with Crippen molar-refractivity contribution in [2.45, 2.75) is 25.4 Å². The van der Waals surface area contributed by atoms with Crippen LogP contribution in [0.1, 0.15) is 24.9 Å². The number of carbonyl (C=O) groups is 2. The van der Waals surface area contributed by atoms with E-state index in [1.165, 1.54) is 0 Å². The van der Waals surface area contributed by atoms with Crippen LogP contribution in [0.4, 0.5) is 0 Å². The smallest absolute Gasteiger partial charge is 0.258 e. The second kappa shape index (κ2) is 15.1. The molecular weight excluding hydrogens is 456 g/mol. The number of amides is 2. The molecule has 0 aromatic heterocycles. The van der Waals surface area contributed by atoms with Crippen LogP contribution in [0.25, 0.3) is 0 Å². The summed E-state index contributed by atoms with van der Waals surface area (Å²) in [5, 5.41) is 5.78. The Morgan fingerprint density at radius 3 is 2.41 bits per heavy atom. The molecule has 186 valence electrons. The number of methoxy groups -OCH3 is 2. The molecule has 0 radical (unpaired) electrons. The first kappa shape index (κ1) is 27.3. The topological polar surface area (TPSA) is 95.1 Å². The Balaban J connectivity index is 1.98. The van der Waals surface area contributed by atoms with Crippen molar-refractivity contribution in [3.63, 3.8) is 0 Å². The number of rotatable bonds is 15. The highest BCUT2D eigenvalue weighted by atomic mass is 32.2. The zero-order valence-electron chi connectivity index (χ0n) is 20.2. The fourth-order valence-corrected chi connectivity index (χ4v) is 3.58. The lowest BCUT2D eigenvalue weighted by Gasteiger charge is -2.22. The molecule has 0 aliphatic rings. The van der Waals surface area contributed by atoms with E-state index in [4.69, 9.17) is 18.9 Å². The van der Waals surface area contributed by atoms with Crippen LogP contribution in [0.15, 0.2) is 48.5 Å². The van der Waals surface area contributed by atoms with Crippen LogP contribution in [0.3, 0.4) is 0 Å². The first-order valence-corrected chi connectivity index (χ1v) is 12.4. The van der Waals surface area contributed by atoms with Gasteiger partial charge in [-0.1, -0.05) is 24.3 Å². The average molecular weight is 491 g/mol. The van der Waals surface area contributed by atoms with E-state index >= 15 is 0 Å². The number of nitrogens with one attached hydrogen (secondary N) is 2. The van der Waals surface area contributed by atoms with E-state index in [1.54, 1.807) is 44.2 Å². The fraction of sp³-hybridized carbons (Fsp3) is 0.440. The first-order valence-electron chi connectivity index (χ1n) is 11.0. The maximum Gasteiger partial charge on any atom is 0.258 e. The van der Waals surface area contributed by atoms with Crippen molar-refractivity contribution in [1.82, 2.24) is 10.6 Å². The van der Waals surface area contributed by atoms with Gasteiger partial charge in [0.05, 0.1) is 19.8 Å². The Morgan fingerprint density at radius 1 is 0.971 bits per heavy atom. The van der Waals surface area contributed by atoms with Gasteiger partial charge in [0.25, 0.3) is 5.91 Å². The number of carbonyl (C=O) groups excluding carboxylic acids is 2. The normalized spacial score (nSPS) is 12.4. The van der Waals surface area contributed by atoms with Gasteiger partial charge in [-0.05, 0) is 55.2 Å². The molecule has 0 fully saturated rings. The maximum atomic E-state index is 13.0. The molecule has 2 atom stereocenters. The van der Waals surface area contributed by atoms with Crippen LogP contribution in [-0.4, -0.2) is 63.9 Å². The molecule has 0 bridgehead atoms. The minimum atomic E-state index is -0.666. The zero-order chi connectivity index (χ0) is 24.8. The molecule has 0 spiro atoms. The maximum absolute atomic E-state index is 13.0. The summed E-state index contributed by atoms with van der Waals surface area (Å²) in [5.74, 6) is 1.89. The molecule has 8 nitrogen and oxygen atoms in total. The number of thioether (sulfide) groups is 1. The minimum absolute atomic E-state index is 0.162. The van der Waals surface area contributed by atoms with Crippen molar-refractivity contribution in [3.8, 4) is 17.2 Å². The Hall–Kier alpha value is -2.91. The van der Waals surface area contributed by atoms with Crippen molar-refractivity contribution < 1.29 is 28.5 Å². The van der Waals surface area contributed by atoms with Gasteiger partial charge in [0.1, 0.15) is 18.4 Å². The molecule has 0 aliphatic heterocycles. The highest BCUT2D eigenvalue weighted by Gasteiger charge is 2.23. The molecule has 2 N–H and O–H groups in total. The number of benzene rings is 2. The van der Waals surface area contributed by atoms with Crippen LogP contribution in [-0.2, 0) is 14.3 Å². The van der Waals surface area contributed by atoms with Gasteiger partial charge in [-0.25, -0.2) is 0 Å². The number of ether oxygens (including phenoxy) is 4. The predicted octanol–water partition coefficient (Wildman–Crippen LogP) is 3.21. The lowest BCUT2D eigenvalue weighted by molar-refractivity contribution is -0.130. The van der Waals surface area contributed by atoms with Crippen molar-refractivity contribution in [3.05, 3.63) is 54.1 Å². The summed E-state index contributed by atoms with van der Waals surface area (Å²) in [6.07, 6.45) is 2.47. The van der Waals surface area contributed by atoms with Crippen molar-refractivity contribution in [2.24, 2.45) is 0 Å². The van der Waals surface area contributed by atoms with E-state index in [-0.39, 0.29) is 24.5 Å². The molecule has 2 aromatic rings. The SMILES string of the molecule is COCCOc1ccc(C(C)NC(=O)C(CCSC)NC(=O)COc2ccccc2)cc1OC. The first-order chi connectivity index (χ1) is 16.5. The van der Waals surface area contributed by atoms with Crippen molar-refractivity contribution in [1.29, 1.82) is 0 Å². The molecule has 2 unspecified atom stereocenters. The van der Waals surface area contributed by atoms with Gasteiger partial charge in [-0.15, -0.1) is 0 Å². The van der Waals surface area contributed by atoms with Gasteiger partial charge in [0.2, 0.25) is 5.91 Å². The van der Waals surface area contributed by atoms with Crippen LogP contribution in [0, 0.1) is 0 Å². The second-order valence-electron chi connectivity index (χ2n) is 7.49. The third-order valence-electron chi connectivity index (χ3n) is 4.97. The van der Waals surface area contributed by atoms with Crippen molar-refractivity contribution >= 4 is 23.6 Å². The summed E-state index contributed by atoms with van der Waals surface area (Å²) in [4.78, 5) is 25.4. The number of hydrogen-bond acceptors (Lipinski definition) is 7. The van der Waals surface area contributed by atoms with E-state index < -0.39 is 6.04 Å². The summed E-state index contributed by atoms with van der Waals surface area (Å²) >= 11 is 1.61. The molecule has 2 aromatic carbocycles. The highest BCUT2D eigenvalue weighted by Crippen LogP contribution is 2.30. The van der Waals surface area contributed by atoms with Gasteiger partial charge in [-0.3, -0.25) is 9.59 Å². The fourth-order valence-electron chi connectivity index (χ4n) is 3.11. The van der Waals surface area contributed by atoms with Gasteiger partial charge < -0.3 is 29.6 Å². The van der Waals surface area contributed by atoms with E-state index in [2.05, 4.69) is 10.6 Å². The Bertz CT molecular complexity index is 896. The van der Waals surface area contributed by atoms with Crippen LogP contribution in [0.5, 0.6) is 17.2 Å². The summed E-state index contributed by atoms with van der Waals surface area (Å²) in [6.45, 7) is 2.59. The van der Waals surface area contributed by atoms with Gasteiger partial charge >= 0.3 is 0 Å². The summed E-state index contributed by atoms with van der Waals surface area (Å²) in [5.41, 5.74) is 0.853. The van der Waals surface area contributed by atoms with Gasteiger partial charge in [0.15, 0.2) is 18.1 Å². The Morgan fingerprint density at radius 2 is 1.74 bits per heavy atom. The Kier molecular flexibility index (Phi) is 12.1. The summed E-state index contributed by atoms with van der Waals surface area (Å²) in [7, 11) is 3.18. The summed E-state index contributed by atoms with van der Waals surface area (Å²) in [6, 6.07) is 13.6. The highest BCUT2D eigenvalue weighted by molar-refractivity contribution is 7.98. The van der Waals surface area contributed by atoms with Crippen LogP contribution >= 0.6 is 11.8 Å². The molecule has 0 heterocycles. The van der Waals surface area contributed by atoms with Gasteiger partial charge in [0, 0.05) is 7.11 Å². The molecule has 9 heteroatoms. The quantitative estimate of drug-likeness (QED) is 0.370. The van der Waals surface area contributed by atoms with E-state index in [1.807, 2.05) is 43.5 Å². The lowest BCUT2D eigenvalue weighted by Crippen LogP contribution is -2.48. The third kappa shape index (κ3) is 9.15. The van der Waals surface area contributed by atoms with Crippen LogP contribution < -0.4 is 24.8 Å². The predicted molar refractivity (Wildman–Crippen MR) is 134 cm³/mol. The van der Waals surface area contributed by atoms with E-state index in [0.29, 0.717) is 36.9 Å². The third-order valence-corrected chi connectivity index (χ3v) is 5.61. The average Bonchev–Trinajstić information content (AvgIpc) is 2.86. The standard InChI is InChI=1S/C25H34N2O6S/c1-18(19-10-11-22(23(16-19)31-3)32-14-13-30-2)26-25(29)21(12-15-34-4)27-24(28)17-33-20-8-6-5-7-9-20/h5-11,16,18,21H,12-15,17H2,1-4H3,(H,26,29)(H,27,28). The van der Waals surface area contributed by atoms with Crippen molar-refractivity contribution in [2.75, 3.05) is 46.0 Å². The van der Waals surface area contributed by atoms with Gasteiger partial charge in [-0.2, -0.15) is 11.8 Å². The molecule has 34 heavy (non-hydrogen) atoms. The second-order valence-corrected chi connectivity index (χ2v) is 8.47. The molecule has 0 saturated heterocycles.